The van der Waals surface area contributed by atoms with Gasteiger partial charge < -0.3 is 10.1 Å². The predicted molar refractivity (Wildman–Crippen MR) is 104 cm³/mol. The van der Waals surface area contributed by atoms with Gasteiger partial charge in [-0.05, 0) is 90.8 Å². The first-order chi connectivity index (χ1) is 12.1. The van der Waals surface area contributed by atoms with E-state index in [-0.39, 0.29) is 23.2 Å². The summed E-state index contributed by atoms with van der Waals surface area (Å²) in [5.74, 6) is 1.34. The second-order valence-corrected chi connectivity index (χ2v) is 8.25. The Morgan fingerprint density at radius 3 is 2.80 bits per heavy atom. The fourth-order valence-electron chi connectivity index (χ4n) is 4.44. The zero-order valence-electron chi connectivity index (χ0n) is 13.9. The highest BCUT2D eigenvalue weighted by atomic mass is 127. The molecule has 0 radical (unpaired) electrons. The number of fused-ring (bicyclic) bond motifs is 4. The van der Waals surface area contributed by atoms with Crippen LogP contribution < -0.4 is 5.32 Å². The van der Waals surface area contributed by atoms with E-state index in [9.17, 15) is 4.79 Å². The number of carbonyl (C=O) groups is 1. The molecule has 6 nitrogen and oxygen atoms in total. The summed E-state index contributed by atoms with van der Waals surface area (Å²) in [5, 5.41) is 7.98. The summed E-state index contributed by atoms with van der Waals surface area (Å²) in [5.41, 5.74) is 0.873. The van der Waals surface area contributed by atoms with Gasteiger partial charge in [-0.15, -0.1) is 5.10 Å². The molecule has 5 rings (SSSR count). The van der Waals surface area contributed by atoms with Crippen molar-refractivity contribution < 1.29 is 9.53 Å². The van der Waals surface area contributed by atoms with Gasteiger partial charge in [0.05, 0.1) is 12.5 Å². The van der Waals surface area contributed by atoms with E-state index in [2.05, 4.69) is 38.0 Å². The third-order valence-electron chi connectivity index (χ3n) is 5.52. The lowest BCUT2D eigenvalue weighted by Gasteiger charge is -2.47. The first-order valence-electron chi connectivity index (χ1n) is 8.72. The van der Waals surface area contributed by atoms with Crippen LogP contribution in [0.4, 0.5) is 5.82 Å². The van der Waals surface area contributed by atoms with Crippen LogP contribution in [0.25, 0.3) is 5.52 Å². The van der Waals surface area contributed by atoms with Crippen molar-refractivity contribution in [3.8, 4) is 0 Å². The number of ether oxygens (including phenoxy) is 1. The highest BCUT2D eigenvalue weighted by Crippen LogP contribution is 2.47. The van der Waals surface area contributed by atoms with Crippen LogP contribution in [0.3, 0.4) is 0 Å². The van der Waals surface area contributed by atoms with E-state index in [4.69, 9.17) is 16.3 Å². The van der Waals surface area contributed by atoms with E-state index in [0.717, 1.165) is 34.9 Å². The predicted octanol–water partition coefficient (Wildman–Crippen LogP) is 3.77. The third-order valence-corrected chi connectivity index (χ3v) is 6.50. The van der Waals surface area contributed by atoms with E-state index in [1.54, 1.807) is 4.52 Å². The Morgan fingerprint density at radius 2 is 2.08 bits per heavy atom. The molecular formula is C17H20ClIN4O2. The number of anilines is 1. The number of carbonyl (C=O) groups excluding carboxylic acids is 1. The van der Waals surface area contributed by atoms with Crippen LogP contribution in [0.15, 0.2) is 12.1 Å². The minimum Gasteiger partial charge on any atom is -0.466 e. The molecule has 0 unspecified atom stereocenters. The number of esters is 1. The summed E-state index contributed by atoms with van der Waals surface area (Å²) in [6.07, 6.45) is 4.50. The zero-order chi connectivity index (χ0) is 17.6. The van der Waals surface area contributed by atoms with E-state index in [1.807, 2.05) is 19.1 Å². The molecule has 0 aromatic carbocycles. The molecule has 3 fully saturated rings. The van der Waals surface area contributed by atoms with Gasteiger partial charge in [0.1, 0.15) is 9.22 Å². The lowest BCUT2D eigenvalue weighted by atomic mass is 9.61. The Kier molecular flexibility index (Phi) is 4.79. The minimum atomic E-state index is -0.115. The second-order valence-electron chi connectivity index (χ2n) is 6.81. The molecule has 2 aromatic heterocycles. The maximum absolute atomic E-state index is 12.6. The van der Waals surface area contributed by atoms with Gasteiger partial charge in [0, 0.05) is 6.04 Å². The van der Waals surface area contributed by atoms with Gasteiger partial charge in [-0.2, -0.15) is 4.98 Å². The largest absolute Gasteiger partial charge is 0.466 e. The van der Waals surface area contributed by atoms with Crippen LogP contribution in [-0.4, -0.2) is 33.2 Å². The van der Waals surface area contributed by atoms with Gasteiger partial charge in [-0.1, -0.05) is 0 Å². The molecule has 25 heavy (non-hydrogen) atoms. The molecule has 2 atom stereocenters. The smallest absolute Gasteiger partial charge is 0.311 e. The Bertz CT molecular complexity index is 803. The number of nitrogens with zero attached hydrogens (tertiary/aromatic N) is 3. The van der Waals surface area contributed by atoms with Gasteiger partial charge in [0.15, 0.2) is 5.82 Å². The van der Waals surface area contributed by atoms with Gasteiger partial charge >= 0.3 is 5.97 Å². The van der Waals surface area contributed by atoms with Crippen molar-refractivity contribution in [2.75, 3.05) is 11.9 Å². The molecule has 3 aliphatic carbocycles. The van der Waals surface area contributed by atoms with Gasteiger partial charge in [0.2, 0.25) is 5.28 Å². The fraction of sp³-hybridized carbons (Fsp3) is 0.588. The molecule has 134 valence electrons. The average Bonchev–Trinajstić information content (AvgIpc) is 2.97. The van der Waals surface area contributed by atoms with E-state index >= 15 is 0 Å². The Morgan fingerprint density at radius 1 is 1.36 bits per heavy atom. The molecule has 1 N–H and O–H groups in total. The molecular weight excluding hydrogens is 455 g/mol. The number of aromatic nitrogens is 3. The van der Waals surface area contributed by atoms with Crippen LogP contribution in [0.5, 0.6) is 0 Å². The molecule has 2 bridgehead atoms. The van der Waals surface area contributed by atoms with Crippen molar-refractivity contribution >= 4 is 51.5 Å². The lowest BCUT2D eigenvalue weighted by Crippen LogP contribution is -2.52. The minimum absolute atomic E-state index is 0.0360. The first-order valence-corrected chi connectivity index (χ1v) is 10.2. The van der Waals surface area contributed by atoms with Gasteiger partial charge in [-0.3, -0.25) is 4.79 Å². The molecule has 3 aliphatic rings. The van der Waals surface area contributed by atoms with Crippen molar-refractivity contribution in [1.29, 1.82) is 0 Å². The molecule has 0 spiro atoms. The molecule has 0 aliphatic heterocycles. The number of rotatable bonds is 4. The molecule has 2 heterocycles. The van der Waals surface area contributed by atoms with Crippen LogP contribution in [0.2, 0.25) is 5.28 Å². The maximum Gasteiger partial charge on any atom is 0.311 e. The van der Waals surface area contributed by atoms with E-state index in [0.29, 0.717) is 24.3 Å². The summed E-state index contributed by atoms with van der Waals surface area (Å²) in [6.45, 7) is 2.28. The lowest BCUT2D eigenvalue weighted by molar-refractivity contribution is -0.154. The Hall–Kier alpha value is -1.09. The van der Waals surface area contributed by atoms with Crippen LogP contribution in [0, 0.1) is 21.5 Å². The number of hydrogen-bond acceptors (Lipinski definition) is 5. The maximum atomic E-state index is 12.6. The third kappa shape index (κ3) is 3.09. The number of hydrogen-bond donors (Lipinski definition) is 1. The second kappa shape index (κ2) is 6.90. The highest BCUT2D eigenvalue weighted by molar-refractivity contribution is 14.1. The topological polar surface area (TPSA) is 68.5 Å². The fourth-order valence-corrected chi connectivity index (χ4v) is 5.15. The quantitative estimate of drug-likeness (QED) is 0.540. The van der Waals surface area contributed by atoms with Crippen molar-refractivity contribution in [2.45, 2.75) is 38.6 Å². The van der Waals surface area contributed by atoms with E-state index in [1.165, 1.54) is 0 Å². The van der Waals surface area contributed by atoms with Crippen molar-refractivity contribution in [3.63, 3.8) is 0 Å². The van der Waals surface area contributed by atoms with Crippen molar-refractivity contribution in [1.82, 2.24) is 14.6 Å². The summed E-state index contributed by atoms with van der Waals surface area (Å²) >= 11 is 8.33. The van der Waals surface area contributed by atoms with Gasteiger partial charge in [-0.25, -0.2) is 4.52 Å². The Balaban J connectivity index is 1.69. The SMILES string of the molecule is CCOC(=O)[C@@H]1C2CCC(CC2)[C@H]1Nc1nc(Cl)nn2c(I)ccc12. The summed E-state index contributed by atoms with van der Waals surface area (Å²) in [6, 6.07) is 3.98. The average molecular weight is 475 g/mol. The Labute approximate surface area is 164 Å². The molecule has 0 amide bonds. The highest BCUT2D eigenvalue weighted by Gasteiger charge is 2.48. The van der Waals surface area contributed by atoms with Crippen molar-refractivity contribution in [3.05, 3.63) is 21.1 Å². The van der Waals surface area contributed by atoms with Crippen LogP contribution >= 0.6 is 34.2 Å². The van der Waals surface area contributed by atoms with Crippen LogP contribution in [0.1, 0.15) is 32.6 Å². The monoisotopic (exact) mass is 474 g/mol. The number of nitrogens with one attached hydrogen (secondary N) is 1. The van der Waals surface area contributed by atoms with Crippen molar-refractivity contribution in [2.24, 2.45) is 17.8 Å². The first kappa shape index (κ1) is 17.3. The summed E-state index contributed by atoms with van der Waals surface area (Å²) < 4.78 is 8.11. The molecule has 0 saturated heterocycles. The van der Waals surface area contributed by atoms with Gasteiger partial charge in [0.25, 0.3) is 0 Å². The molecule has 8 heteroatoms. The van der Waals surface area contributed by atoms with E-state index < -0.39 is 0 Å². The number of halogens is 2. The summed E-state index contributed by atoms with van der Waals surface area (Å²) in [7, 11) is 0. The molecule has 3 saturated carbocycles. The summed E-state index contributed by atoms with van der Waals surface area (Å²) in [4.78, 5) is 17.0. The standard InChI is InChI=1S/C17H20ClIN4O2/c1-2-25-16(24)13-9-3-5-10(6-4-9)14(13)20-15-11-7-8-12(19)23(11)22-17(18)21-15/h7-10,13-14H,2-6H2,1H3,(H,20,21,22)/t9?,10?,13-,14-/m1/s1. The molecule has 2 aromatic rings. The zero-order valence-corrected chi connectivity index (χ0v) is 16.8. The van der Waals surface area contributed by atoms with Crippen LogP contribution in [-0.2, 0) is 9.53 Å². The normalized spacial score (nSPS) is 28.3.